The molecule has 0 spiro atoms. The van der Waals surface area contributed by atoms with Crippen LogP contribution in [0.15, 0.2) is 16.6 Å². The number of esters is 1. The minimum absolute atomic E-state index is 0.0134. The van der Waals surface area contributed by atoms with E-state index in [2.05, 4.69) is 15.9 Å². The molecule has 0 aliphatic rings. The maximum absolute atomic E-state index is 13.4. The van der Waals surface area contributed by atoms with E-state index < -0.39 is 23.2 Å². The second-order valence-corrected chi connectivity index (χ2v) is 5.74. The summed E-state index contributed by atoms with van der Waals surface area (Å²) in [6.45, 7) is 5.21. The molecule has 1 aromatic carbocycles. The second-order valence-electron chi connectivity index (χ2n) is 4.88. The van der Waals surface area contributed by atoms with Crippen LogP contribution in [0, 0.1) is 11.6 Å². The maximum atomic E-state index is 13.4. The Morgan fingerprint density at radius 3 is 2.47 bits per heavy atom. The molecule has 0 aliphatic heterocycles. The third-order valence-corrected chi connectivity index (χ3v) is 2.52. The third kappa shape index (κ3) is 5.55. The van der Waals surface area contributed by atoms with E-state index in [9.17, 15) is 13.6 Å². The van der Waals surface area contributed by atoms with Crippen LogP contribution >= 0.6 is 15.9 Å². The molecule has 0 aliphatic carbocycles. The highest BCUT2D eigenvalue weighted by Crippen LogP contribution is 2.29. The molecular weight excluding hydrogens is 322 g/mol. The van der Waals surface area contributed by atoms with Gasteiger partial charge in [0, 0.05) is 6.07 Å². The van der Waals surface area contributed by atoms with Crippen LogP contribution in [0.2, 0.25) is 0 Å². The van der Waals surface area contributed by atoms with Gasteiger partial charge in [0.15, 0.2) is 11.6 Å². The topological polar surface area (TPSA) is 35.5 Å². The zero-order chi connectivity index (χ0) is 14.6. The summed E-state index contributed by atoms with van der Waals surface area (Å²) in [4.78, 5) is 11.4. The Bertz CT molecular complexity index is 446. The van der Waals surface area contributed by atoms with E-state index in [4.69, 9.17) is 9.47 Å². The van der Waals surface area contributed by atoms with Gasteiger partial charge in [0.2, 0.25) is 0 Å². The molecule has 3 nitrogen and oxygen atoms in total. The van der Waals surface area contributed by atoms with Crippen LogP contribution in [-0.2, 0) is 9.53 Å². The number of ether oxygens (including phenoxy) is 2. The molecule has 0 saturated heterocycles. The lowest BCUT2D eigenvalue weighted by molar-refractivity contribution is -0.155. The number of carbonyl (C=O) groups is 1. The van der Waals surface area contributed by atoms with Gasteiger partial charge >= 0.3 is 5.97 Å². The Hall–Kier alpha value is -1.17. The van der Waals surface area contributed by atoms with Crippen LogP contribution < -0.4 is 4.74 Å². The van der Waals surface area contributed by atoms with Gasteiger partial charge in [-0.1, -0.05) is 0 Å². The second kappa shape index (κ2) is 6.32. The molecule has 6 heteroatoms. The van der Waals surface area contributed by atoms with Gasteiger partial charge in [-0.2, -0.15) is 0 Å². The van der Waals surface area contributed by atoms with Crippen molar-refractivity contribution in [1.29, 1.82) is 0 Å². The molecule has 0 aromatic heterocycles. The summed E-state index contributed by atoms with van der Waals surface area (Å²) in [7, 11) is 0. The lowest BCUT2D eigenvalue weighted by atomic mass is 10.2. The normalized spacial score (nSPS) is 11.3. The lowest BCUT2D eigenvalue weighted by Crippen LogP contribution is -2.24. The van der Waals surface area contributed by atoms with Gasteiger partial charge in [-0.05, 0) is 42.8 Å². The molecule has 0 amide bonds. The monoisotopic (exact) mass is 336 g/mol. The molecular formula is C13H15BrF2O3. The molecule has 0 atom stereocenters. The predicted molar refractivity (Wildman–Crippen MR) is 70.0 cm³/mol. The van der Waals surface area contributed by atoms with Gasteiger partial charge in [0.1, 0.15) is 11.4 Å². The molecule has 19 heavy (non-hydrogen) atoms. The van der Waals surface area contributed by atoms with Crippen molar-refractivity contribution >= 4 is 21.9 Å². The Balaban J connectivity index is 2.52. The fourth-order valence-corrected chi connectivity index (χ4v) is 1.82. The summed E-state index contributed by atoms with van der Waals surface area (Å²) < 4.78 is 36.6. The van der Waals surface area contributed by atoms with E-state index in [1.54, 1.807) is 20.8 Å². The number of hydrogen-bond donors (Lipinski definition) is 0. The van der Waals surface area contributed by atoms with Crippen LogP contribution in [0.5, 0.6) is 5.75 Å². The number of rotatable bonds is 4. The van der Waals surface area contributed by atoms with Crippen molar-refractivity contribution in [3.05, 3.63) is 28.2 Å². The SMILES string of the molecule is CC(C)(C)OC(=O)CCOc1c(F)cc(F)cc1Br. The summed E-state index contributed by atoms with van der Waals surface area (Å²) in [6.07, 6.45) is -0.0134. The smallest absolute Gasteiger partial charge is 0.309 e. The van der Waals surface area contributed by atoms with Crippen LogP contribution in [0.4, 0.5) is 8.78 Å². The number of carbonyl (C=O) groups excluding carboxylic acids is 1. The highest BCUT2D eigenvalue weighted by atomic mass is 79.9. The van der Waals surface area contributed by atoms with Crippen LogP contribution in [0.1, 0.15) is 27.2 Å². The maximum Gasteiger partial charge on any atom is 0.309 e. The fraction of sp³-hybridized carbons (Fsp3) is 0.462. The molecule has 0 bridgehead atoms. The lowest BCUT2D eigenvalue weighted by Gasteiger charge is -2.19. The summed E-state index contributed by atoms with van der Waals surface area (Å²) in [5, 5.41) is 0. The van der Waals surface area contributed by atoms with Crippen molar-refractivity contribution in [2.24, 2.45) is 0 Å². The summed E-state index contributed by atoms with van der Waals surface area (Å²) >= 11 is 2.99. The molecule has 1 rings (SSSR count). The first-order valence-corrected chi connectivity index (χ1v) is 6.47. The molecule has 1 aromatic rings. The first-order chi connectivity index (χ1) is 8.69. The Labute approximate surface area is 119 Å². The van der Waals surface area contributed by atoms with E-state index in [1.807, 2.05) is 0 Å². The zero-order valence-electron chi connectivity index (χ0n) is 10.9. The first-order valence-electron chi connectivity index (χ1n) is 5.68. The van der Waals surface area contributed by atoms with Crippen molar-refractivity contribution in [2.75, 3.05) is 6.61 Å². The van der Waals surface area contributed by atoms with Crippen LogP contribution in [0.3, 0.4) is 0 Å². The average molecular weight is 337 g/mol. The highest BCUT2D eigenvalue weighted by molar-refractivity contribution is 9.10. The number of hydrogen-bond acceptors (Lipinski definition) is 3. The number of benzene rings is 1. The summed E-state index contributed by atoms with van der Waals surface area (Å²) in [5.74, 6) is -2.09. The van der Waals surface area contributed by atoms with Gasteiger partial charge in [-0.15, -0.1) is 0 Å². The minimum Gasteiger partial charge on any atom is -0.489 e. The van der Waals surface area contributed by atoms with E-state index in [-0.39, 0.29) is 23.2 Å². The first kappa shape index (κ1) is 15.9. The highest BCUT2D eigenvalue weighted by Gasteiger charge is 2.17. The van der Waals surface area contributed by atoms with Gasteiger partial charge in [-0.3, -0.25) is 4.79 Å². The van der Waals surface area contributed by atoms with Crippen molar-refractivity contribution < 1.29 is 23.0 Å². The summed E-state index contributed by atoms with van der Waals surface area (Å²) in [5.41, 5.74) is -0.571. The van der Waals surface area contributed by atoms with Gasteiger partial charge in [0.25, 0.3) is 0 Å². The Kier molecular flexibility index (Phi) is 5.29. The van der Waals surface area contributed by atoms with Crippen molar-refractivity contribution in [3.63, 3.8) is 0 Å². The third-order valence-electron chi connectivity index (χ3n) is 1.94. The molecule has 0 saturated carbocycles. The molecule has 0 unspecified atom stereocenters. The zero-order valence-corrected chi connectivity index (χ0v) is 12.5. The molecule has 0 heterocycles. The Morgan fingerprint density at radius 1 is 1.32 bits per heavy atom. The van der Waals surface area contributed by atoms with Gasteiger partial charge < -0.3 is 9.47 Å². The summed E-state index contributed by atoms with van der Waals surface area (Å²) in [6, 6.07) is 1.81. The molecule has 106 valence electrons. The van der Waals surface area contributed by atoms with Crippen LogP contribution in [-0.4, -0.2) is 18.2 Å². The minimum atomic E-state index is -0.823. The van der Waals surface area contributed by atoms with E-state index in [1.165, 1.54) is 0 Å². The molecule has 0 fully saturated rings. The van der Waals surface area contributed by atoms with Crippen LogP contribution in [0.25, 0.3) is 0 Å². The van der Waals surface area contributed by atoms with E-state index >= 15 is 0 Å². The quantitative estimate of drug-likeness (QED) is 0.783. The van der Waals surface area contributed by atoms with Gasteiger partial charge in [0.05, 0.1) is 17.5 Å². The molecule has 0 N–H and O–H groups in total. The number of halogens is 3. The van der Waals surface area contributed by atoms with E-state index in [0.717, 1.165) is 6.07 Å². The van der Waals surface area contributed by atoms with Crippen molar-refractivity contribution in [3.8, 4) is 5.75 Å². The van der Waals surface area contributed by atoms with Crippen molar-refractivity contribution in [2.45, 2.75) is 32.8 Å². The average Bonchev–Trinajstić information content (AvgIpc) is 2.19. The fourth-order valence-electron chi connectivity index (χ4n) is 1.30. The predicted octanol–water partition coefficient (Wildman–Crippen LogP) is 3.84. The van der Waals surface area contributed by atoms with Gasteiger partial charge in [-0.25, -0.2) is 8.78 Å². The Morgan fingerprint density at radius 2 is 1.95 bits per heavy atom. The van der Waals surface area contributed by atoms with E-state index in [0.29, 0.717) is 6.07 Å². The molecule has 0 radical (unpaired) electrons. The standard InChI is InChI=1S/C13H15BrF2O3/c1-13(2,3)19-11(17)4-5-18-12-9(14)6-8(15)7-10(12)16/h6-7H,4-5H2,1-3H3. The largest absolute Gasteiger partial charge is 0.489 e. The van der Waals surface area contributed by atoms with Crippen molar-refractivity contribution in [1.82, 2.24) is 0 Å².